The molecule has 0 spiro atoms. The summed E-state index contributed by atoms with van der Waals surface area (Å²) in [6.45, 7) is 9.25. The number of rotatable bonds is 3. The largest absolute Gasteiger partial charge is 0.344 e. The smallest absolute Gasteiger partial charge is 0.245 e. The summed E-state index contributed by atoms with van der Waals surface area (Å²) in [7, 11) is 0. The number of hydrogen-bond donors (Lipinski definition) is 1. The molecule has 4 heteroatoms. The first-order valence-electron chi connectivity index (χ1n) is 7.57. The summed E-state index contributed by atoms with van der Waals surface area (Å²) in [6.07, 6.45) is 1.01. The lowest BCUT2D eigenvalue weighted by Gasteiger charge is -2.25. The molecule has 1 fully saturated rings. The molecular formula is C17H24N2O2. The van der Waals surface area contributed by atoms with Crippen LogP contribution >= 0.6 is 0 Å². The van der Waals surface area contributed by atoms with Crippen LogP contribution in [0, 0.1) is 20.8 Å². The van der Waals surface area contributed by atoms with E-state index < -0.39 is 0 Å². The Morgan fingerprint density at radius 2 is 1.81 bits per heavy atom. The molecule has 1 aliphatic heterocycles. The summed E-state index contributed by atoms with van der Waals surface area (Å²) < 4.78 is 0. The van der Waals surface area contributed by atoms with Crippen LogP contribution in [0.1, 0.15) is 42.0 Å². The maximum Gasteiger partial charge on any atom is 0.245 e. The zero-order valence-corrected chi connectivity index (χ0v) is 13.3. The fraction of sp³-hybridized carbons (Fsp3) is 0.529. The van der Waals surface area contributed by atoms with Crippen molar-refractivity contribution >= 4 is 11.8 Å². The van der Waals surface area contributed by atoms with Crippen LogP contribution in [-0.2, 0) is 16.1 Å². The summed E-state index contributed by atoms with van der Waals surface area (Å²) in [6, 6.07) is 3.91. The third-order valence-corrected chi connectivity index (χ3v) is 4.15. The lowest BCUT2D eigenvalue weighted by Crippen LogP contribution is -2.44. The molecule has 21 heavy (non-hydrogen) atoms. The van der Waals surface area contributed by atoms with Gasteiger partial charge in [0.2, 0.25) is 11.8 Å². The average molecular weight is 288 g/mol. The predicted octanol–water partition coefficient (Wildman–Crippen LogP) is 2.24. The van der Waals surface area contributed by atoms with Crippen LogP contribution in [0.15, 0.2) is 12.1 Å². The highest BCUT2D eigenvalue weighted by atomic mass is 16.2. The monoisotopic (exact) mass is 288 g/mol. The Morgan fingerprint density at radius 1 is 1.19 bits per heavy atom. The van der Waals surface area contributed by atoms with Gasteiger partial charge in [-0.25, -0.2) is 0 Å². The van der Waals surface area contributed by atoms with E-state index in [1.54, 1.807) is 0 Å². The van der Waals surface area contributed by atoms with Gasteiger partial charge in [-0.15, -0.1) is 0 Å². The Kier molecular flexibility index (Phi) is 4.66. The minimum Gasteiger partial charge on any atom is -0.344 e. The van der Waals surface area contributed by atoms with Crippen molar-refractivity contribution in [2.45, 2.75) is 53.1 Å². The summed E-state index contributed by atoms with van der Waals surface area (Å²) in [4.78, 5) is 26.0. The van der Waals surface area contributed by atoms with Crippen molar-refractivity contribution in [1.29, 1.82) is 0 Å². The maximum absolute atomic E-state index is 12.5. The van der Waals surface area contributed by atoms with Crippen molar-refractivity contribution in [2.75, 3.05) is 6.54 Å². The molecule has 1 saturated heterocycles. The van der Waals surface area contributed by atoms with Crippen LogP contribution in [0.2, 0.25) is 0 Å². The molecule has 1 unspecified atom stereocenters. The van der Waals surface area contributed by atoms with Crippen molar-refractivity contribution in [1.82, 2.24) is 10.2 Å². The molecule has 4 nitrogen and oxygen atoms in total. The molecule has 1 N–H and O–H groups in total. The summed E-state index contributed by atoms with van der Waals surface area (Å²) >= 11 is 0. The second kappa shape index (κ2) is 6.29. The van der Waals surface area contributed by atoms with Gasteiger partial charge in [-0.1, -0.05) is 24.6 Å². The highest BCUT2D eigenvalue weighted by Crippen LogP contribution is 2.20. The predicted molar refractivity (Wildman–Crippen MR) is 82.9 cm³/mol. The molecule has 2 amide bonds. The molecule has 0 radical (unpaired) electrons. The molecule has 1 aromatic carbocycles. The number of carbonyl (C=O) groups is 2. The van der Waals surface area contributed by atoms with Gasteiger partial charge in [0.1, 0.15) is 6.04 Å². The molecular weight excluding hydrogens is 264 g/mol. The second-order valence-electron chi connectivity index (χ2n) is 5.92. The van der Waals surface area contributed by atoms with Gasteiger partial charge in [0.25, 0.3) is 0 Å². The van der Waals surface area contributed by atoms with Gasteiger partial charge in [-0.05, 0) is 43.9 Å². The summed E-state index contributed by atoms with van der Waals surface area (Å²) in [5.74, 6) is -0.00206. The van der Waals surface area contributed by atoms with Crippen LogP contribution in [0.3, 0.4) is 0 Å². The topological polar surface area (TPSA) is 49.4 Å². The zero-order chi connectivity index (χ0) is 15.6. The highest BCUT2D eigenvalue weighted by Gasteiger charge is 2.28. The first-order valence-corrected chi connectivity index (χ1v) is 7.57. The minimum absolute atomic E-state index is 0.0303. The van der Waals surface area contributed by atoms with E-state index in [1.807, 2.05) is 11.8 Å². The molecule has 0 aliphatic carbocycles. The van der Waals surface area contributed by atoms with E-state index in [0.29, 0.717) is 25.9 Å². The van der Waals surface area contributed by atoms with Crippen LogP contribution < -0.4 is 5.32 Å². The number of nitrogens with one attached hydrogen (secondary N) is 1. The van der Waals surface area contributed by atoms with Crippen molar-refractivity contribution in [2.24, 2.45) is 0 Å². The van der Waals surface area contributed by atoms with Gasteiger partial charge in [-0.3, -0.25) is 9.59 Å². The van der Waals surface area contributed by atoms with Gasteiger partial charge in [-0.2, -0.15) is 0 Å². The lowest BCUT2D eigenvalue weighted by atomic mass is 9.99. The van der Waals surface area contributed by atoms with Crippen LogP contribution in [0.5, 0.6) is 0 Å². The van der Waals surface area contributed by atoms with Gasteiger partial charge in [0, 0.05) is 19.5 Å². The third-order valence-electron chi connectivity index (χ3n) is 4.15. The quantitative estimate of drug-likeness (QED) is 0.927. The maximum atomic E-state index is 12.5. The Bertz CT molecular complexity index is 543. The summed E-state index contributed by atoms with van der Waals surface area (Å²) in [5, 5.41) is 2.80. The van der Waals surface area contributed by atoms with Gasteiger partial charge < -0.3 is 10.2 Å². The fourth-order valence-corrected chi connectivity index (χ4v) is 2.98. The van der Waals surface area contributed by atoms with Gasteiger partial charge >= 0.3 is 0 Å². The van der Waals surface area contributed by atoms with Gasteiger partial charge in [0.15, 0.2) is 0 Å². The standard InChI is InChI=1S/C17H24N2O2/c1-5-15-17(21)19(7-6-16(20)18-15)10-14-12(3)8-11(2)9-13(14)4/h8-9,15H,5-7,10H2,1-4H3,(H,18,20). The first-order chi connectivity index (χ1) is 9.92. The molecule has 0 bridgehead atoms. The normalized spacial score (nSPS) is 19.4. The molecule has 0 saturated carbocycles. The molecule has 114 valence electrons. The SMILES string of the molecule is CCC1NC(=O)CCN(Cc2c(C)cc(C)cc2C)C1=O. The van der Waals surface area contributed by atoms with Crippen LogP contribution in [0.25, 0.3) is 0 Å². The number of nitrogens with zero attached hydrogens (tertiary/aromatic N) is 1. The van der Waals surface area contributed by atoms with Gasteiger partial charge in [0.05, 0.1) is 0 Å². The van der Waals surface area contributed by atoms with E-state index in [9.17, 15) is 9.59 Å². The fourth-order valence-electron chi connectivity index (χ4n) is 2.98. The molecule has 0 aromatic heterocycles. The van der Waals surface area contributed by atoms with Crippen molar-refractivity contribution in [3.05, 3.63) is 34.4 Å². The minimum atomic E-state index is -0.383. The van der Waals surface area contributed by atoms with E-state index in [0.717, 1.165) is 0 Å². The van der Waals surface area contributed by atoms with Crippen LogP contribution in [-0.4, -0.2) is 29.3 Å². The first kappa shape index (κ1) is 15.5. The number of carbonyl (C=O) groups excluding carboxylic acids is 2. The van der Waals surface area contributed by atoms with Crippen LogP contribution in [0.4, 0.5) is 0 Å². The Balaban J connectivity index is 2.25. The van der Waals surface area contributed by atoms with Crippen molar-refractivity contribution < 1.29 is 9.59 Å². The van der Waals surface area contributed by atoms with E-state index in [1.165, 1.54) is 22.3 Å². The van der Waals surface area contributed by atoms with E-state index in [2.05, 4.69) is 38.2 Å². The number of benzene rings is 1. The van der Waals surface area contributed by atoms with Crippen molar-refractivity contribution in [3.8, 4) is 0 Å². The lowest BCUT2D eigenvalue weighted by molar-refractivity contribution is -0.134. The Hall–Kier alpha value is -1.84. The third kappa shape index (κ3) is 3.43. The number of aryl methyl sites for hydroxylation is 3. The molecule has 1 aliphatic rings. The van der Waals surface area contributed by atoms with E-state index >= 15 is 0 Å². The summed E-state index contributed by atoms with van der Waals surface area (Å²) in [5.41, 5.74) is 4.84. The average Bonchev–Trinajstić information content (AvgIpc) is 2.54. The van der Waals surface area contributed by atoms with E-state index in [-0.39, 0.29) is 17.9 Å². The van der Waals surface area contributed by atoms with Crippen molar-refractivity contribution in [3.63, 3.8) is 0 Å². The molecule has 1 aromatic rings. The number of hydrogen-bond acceptors (Lipinski definition) is 2. The molecule has 1 heterocycles. The Morgan fingerprint density at radius 3 is 2.38 bits per heavy atom. The Labute approximate surface area is 126 Å². The molecule has 1 atom stereocenters. The second-order valence-corrected chi connectivity index (χ2v) is 5.92. The highest BCUT2D eigenvalue weighted by molar-refractivity contribution is 5.89. The number of amides is 2. The zero-order valence-electron chi connectivity index (χ0n) is 13.3. The van der Waals surface area contributed by atoms with E-state index in [4.69, 9.17) is 0 Å². The molecule has 2 rings (SSSR count).